The van der Waals surface area contributed by atoms with Gasteiger partial charge >= 0.3 is 0 Å². The second kappa shape index (κ2) is 9.42. The van der Waals surface area contributed by atoms with Crippen LogP contribution in [0.2, 0.25) is 0 Å². The Morgan fingerprint density at radius 2 is 2.00 bits per heavy atom. The molecular formula is C21H29N3O2S. The third-order valence-electron chi connectivity index (χ3n) is 4.83. The summed E-state index contributed by atoms with van der Waals surface area (Å²) in [6.07, 6.45) is 2.51. The number of aromatic nitrogens is 2. The molecular weight excluding hydrogens is 358 g/mol. The number of aryl methyl sites for hydroxylation is 1. The Kier molecular flexibility index (Phi) is 6.96. The van der Waals surface area contributed by atoms with Crippen LogP contribution in [0.1, 0.15) is 48.5 Å². The van der Waals surface area contributed by atoms with Crippen LogP contribution in [0, 0.1) is 13.8 Å². The Labute approximate surface area is 166 Å². The lowest BCUT2D eigenvalue weighted by Gasteiger charge is -2.35. The Bertz CT molecular complexity index is 760. The average Bonchev–Trinajstić information content (AvgIpc) is 2.97. The number of hydrogen-bond donors (Lipinski definition) is 0. The van der Waals surface area contributed by atoms with Crippen LogP contribution in [0.3, 0.4) is 0 Å². The zero-order chi connectivity index (χ0) is 19.2. The Morgan fingerprint density at radius 3 is 2.74 bits per heavy atom. The molecule has 0 spiro atoms. The minimum atomic E-state index is 0.0369. The number of benzene rings is 1. The molecule has 1 fully saturated rings. The van der Waals surface area contributed by atoms with E-state index in [1.165, 1.54) is 5.56 Å². The largest absolute Gasteiger partial charge is 0.381 e. The molecule has 5 nitrogen and oxygen atoms in total. The highest BCUT2D eigenvalue weighted by atomic mass is 32.2. The summed E-state index contributed by atoms with van der Waals surface area (Å²) in [5.41, 5.74) is 4.33. The molecule has 27 heavy (non-hydrogen) atoms. The second-order valence-corrected chi connectivity index (χ2v) is 8.05. The normalized spacial score (nSPS) is 17.5. The molecule has 1 atom stereocenters. The van der Waals surface area contributed by atoms with Crippen molar-refractivity contribution >= 4 is 17.7 Å². The molecule has 1 amide bonds. The third kappa shape index (κ3) is 4.55. The van der Waals surface area contributed by atoms with Gasteiger partial charge in [0.05, 0.1) is 11.4 Å². The highest BCUT2D eigenvalue weighted by Gasteiger charge is 2.33. The minimum Gasteiger partial charge on any atom is -0.381 e. The summed E-state index contributed by atoms with van der Waals surface area (Å²) in [7, 11) is 0. The van der Waals surface area contributed by atoms with Crippen molar-refractivity contribution in [2.75, 3.05) is 25.5 Å². The van der Waals surface area contributed by atoms with E-state index in [1.54, 1.807) is 0 Å². The molecule has 2 aromatic rings. The number of rotatable bonds is 8. The standard InChI is InChI=1S/C21H29N3O2S/c1-4-13-26-14-8-12-23-19(25)11-15-27-21(23)20-16(2)22-24(17(20)3)18-9-6-5-7-10-18/h5-7,9-10,21H,4,8,11-15H2,1-3H3. The van der Waals surface area contributed by atoms with E-state index in [-0.39, 0.29) is 11.3 Å². The van der Waals surface area contributed by atoms with E-state index in [9.17, 15) is 4.79 Å². The summed E-state index contributed by atoms with van der Waals surface area (Å²) in [4.78, 5) is 14.7. The highest BCUT2D eigenvalue weighted by Crippen LogP contribution is 2.40. The van der Waals surface area contributed by atoms with Crippen LogP contribution in [-0.4, -0.2) is 46.1 Å². The number of amides is 1. The molecule has 146 valence electrons. The van der Waals surface area contributed by atoms with Crippen molar-refractivity contribution in [3.63, 3.8) is 0 Å². The first-order valence-electron chi connectivity index (χ1n) is 9.73. The van der Waals surface area contributed by atoms with Gasteiger partial charge in [0.15, 0.2) is 0 Å². The van der Waals surface area contributed by atoms with Gasteiger partial charge in [-0.2, -0.15) is 5.10 Å². The van der Waals surface area contributed by atoms with Crippen molar-refractivity contribution in [3.05, 3.63) is 47.3 Å². The van der Waals surface area contributed by atoms with E-state index in [0.717, 1.165) is 48.8 Å². The fraction of sp³-hybridized carbons (Fsp3) is 0.524. The van der Waals surface area contributed by atoms with Crippen molar-refractivity contribution in [2.45, 2.75) is 45.4 Å². The van der Waals surface area contributed by atoms with Gasteiger partial charge in [-0.25, -0.2) is 4.68 Å². The van der Waals surface area contributed by atoms with Crippen molar-refractivity contribution < 1.29 is 9.53 Å². The molecule has 0 bridgehead atoms. The number of carbonyl (C=O) groups excluding carboxylic acids is 1. The van der Waals surface area contributed by atoms with E-state index < -0.39 is 0 Å². The predicted octanol–water partition coefficient (Wildman–Crippen LogP) is 4.27. The summed E-state index contributed by atoms with van der Waals surface area (Å²) >= 11 is 1.84. The van der Waals surface area contributed by atoms with Crippen LogP contribution in [-0.2, 0) is 9.53 Å². The van der Waals surface area contributed by atoms with Gasteiger partial charge in [-0.05, 0) is 38.8 Å². The molecule has 3 rings (SSSR count). The first-order valence-corrected chi connectivity index (χ1v) is 10.8. The van der Waals surface area contributed by atoms with Gasteiger partial charge in [-0.1, -0.05) is 25.1 Å². The first kappa shape index (κ1) is 20.0. The van der Waals surface area contributed by atoms with Crippen molar-refractivity contribution in [1.29, 1.82) is 0 Å². The maximum Gasteiger partial charge on any atom is 0.224 e. The quantitative estimate of drug-likeness (QED) is 0.635. The monoisotopic (exact) mass is 387 g/mol. The number of thioether (sulfide) groups is 1. The number of ether oxygens (including phenoxy) is 1. The van der Waals surface area contributed by atoms with Crippen LogP contribution in [0.5, 0.6) is 0 Å². The van der Waals surface area contributed by atoms with E-state index in [0.29, 0.717) is 13.0 Å². The van der Waals surface area contributed by atoms with Gasteiger partial charge in [-0.3, -0.25) is 4.79 Å². The van der Waals surface area contributed by atoms with E-state index in [2.05, 4.69) is 26.0 Å². The Morgan fingerprint density at radius 1 is 1.22 bits per heavy atom. The van der Waals surface area contributed by atoms with E-state index in [1.807, 2.05) is 46.5 Å². The predicted molar refractivity (Wildman–Crippen MR) is 110 cm³/mol. The topological polar surface area (TPSA) is 47.4 Å². The van der Waals surface area contributed by atoms with Gasteiger partial charge < -0.3 is 9.64 Å². The van der Waals surface area contributed by atoms with Crippen LogP contribution in [0.4, 0.5) is 0 Å². The lowest BCUT2D eigenvalue weighted by atomic mass is 10.1. The van der Waals surface area contributed by atoms with Gasteiger partial charge in [0.1, 0.15) is 5.37 Å². The van der Waals surface area contributed by atoms with Gasteiger partial charge in [0.2, 0.25) is 5.91 Å². The van der Waals surface area contributed by atoms with Gasteiger partial charge in [-0.15, -0.1) is 11.8 Å². The molecule has 1 unspecified atom stereocenters. The summed E-state index contributed by atoms with van der Waals surface area (Å²) in [6.45, 7) is 8.48. The van der Waals surface area contributed by atoms with Crippen LogP contribution >= 0.6 is 11.8 Å². The van der Waals surface area contributed by atoms with Gasteiger partial charge in [0, 0.05) is 43.2 Å². The fourth-order valence-electron chi connectivity index (χ4n) is 3.52. The molecule has 0 N–H and O–H groups in total. The lowest BCUT2D eigenvalue weighted by Crippen LogP contribution is -2.38. The molecule has 1 saturated heterocycles. The lowest BCUT2D eigenvalue weighted by molar-refractivity contribution is -0.132. The minimum absolute atomic E-state index is 0.0369. The molecule has 6 heteroatoms. The summed E-state index contributed by atoms with van der Waals surface area (Å²) in [5.74, 6) is 1.10. The average molecular weight is 388 g/mol. The molecule has 2 heterocycles. The van der Waals surface area contributed by atoms with Gasteiger partial charge in [0.25, 0.3) is 0 Å². The Hall–Kier alpha value is -1.79. The number of nitrogens with zero attached hydrogens (tertiary/aromatic N) is 3. The molecule has 1 aromatic carbocycles. The smallest absolute Gasteiger partial charge is 0.224 e. The highest BCUT2D eigenvalue weighted by molar-refractivity contribution is 7.99. The van der Waals surface area contributed by atoms with Crippen LogP contribution < -0.4 is 0 Å². The van der Waals surface area contributed by atoms with Crippen LogP contribution in [0.25, 0.3) is 5.69 Å². The van der Waals surface area contributed by atoms with E-state index >= 15 is 0 Å². The zero-order valence-electron chi connectivity index (χ0n) is 16.5. The summed E-state index contributed by atoms with van der Waals surface area (Å²) < 4.78 is 7.59. The second-order valence-electron chi connectivity index (χ2n) is 6.86. The maximum atomic E-state index is 12.6. The van der Waals surface area contributed by atoms with Crippen molar-refractivity contribution in [3.8, 4) is 5.69 Å². The van der Waals surface area contributed by atoms with E-state index in [4.69, 9.17) is 9.84 Å². The number of carbonyl (C=O) groups is 1. The molecule has 0 saturated carbocycles. The molecule has 1 aliphatic rings. The van der Waals surface area contributed by atoms with Crippen molar-refractivity contribution in [2.24, 2.45) is 0 Å². The number of hydrogen-bond acceptors (Lipinski definition) is 4. The van der Waals surface area contributed by atoms with Crippen LogP contribution in [0.15, 0.2) is 30.3 Å². The maximum absolute atomic E-state index is 12.6. The molecule has 0 aliphatic carbocycles. The Balaban J connectivity index is 1.82. The summed E-state index contributed by atoms with van der Waals surface area (Å²) in [5, 5.41) is 4.81. The molecule has 1 aliphatic heterocycles. The third-order valence-corrected chi connectivity index (χ3v) is 6.07. The first-order chi connectivity index (χ1) is 13.1. The van der Waals surface area contributed by atoms with Crippen molar-refractivity contribution in [1.82, 2.24) is 14.7 Å². The fourth-order valence-corrected chi connectivity index (χ4v) is 4.95. The molecule has 0 radical (unpaired) electrons. The molecule has 1 aromatic heterocycles. The SMILES string of the molecule is CCCOCCCN1C(=O)CCSC1c1c(C)nn(-c2ccccc2)c1C. The summed E-state index contributed by atoms with van der Waals surface area (Å²) in [6, 6.07) is 10.2. The number of para-hydroxylation sites is 1. The zero-order valence-corrected chi connectivity index (χ0v) is 17.3.